The third kappa shape index (κ3) is 24.2. The van der Waals surface area contributed by atoms with Crippen molar-refractivity contribution >= 4 is 285 Å². The lowest BCUT2D eigenvalue weighted by atomic mass is 10.1. The van der Waals surface area contributed by atoms with Crippen LogP contribution in [0.4, 0.5) is 28.4 Å². The number of carbonyl (C=O) groups excluding carboxylic acids is 5. The van der Waals surface area contributed by atoms with E-state index in [0.29, 0.717) is 59.9 Å². The number of nitro groups is 5. The molecule has 5 aromatic carbocycles. The quantitative estimate of drug-likeness (QED) is 0.0440. The number of benzene rings is 5. The molecular weight excluding hydrogens is 1920 g/mol. The van der Waals surface area contributed by atoms with Gasteiger partial charge in [-0.25, -0.2) is 42.1 Å². The lowest BCUT2D eigenvalue weighted by Crippen LogP contribution is -2.39. The third-order valence-corrected chi connectivity index (χ3v) is 34.5. The fraction of sp³-hybridized carbons (Fsp3) is 0.292. The number of hydrogen-bond donors (Lipinski definition) is 1. The fourth-order valence-corrected chi connectivity index (χ4v) is 28.9. The van der Waals surface area contributed by atoms with E-state index in [9.17, 15) is 117 Å². The van der Waals surface area contributed by atoms with Crippen LogP contribution in [0, 0.1) is 50.6 Å². The zero-order chi connectivity index (χ0) is 91.0. The Bertz CT molecular complexity index is 5350. The van der Waals surface area contributed by atoms with Crippen molar-refractivity contribution in [1.29, 1.82) is 0 Å². The number of aliphatic carboxylic acids is 1. The van der Waals surface area contributed by atoms with Gasteiger partial charge in [0, 0.05) is 37.3 Å². The van der Waals surface area contributed by atoms with Crippen LogP contribution in [0.5, 0.6) is 0 Å². The van der Waals surface area contributed by atoms with Gasteiger partial charge < -0.3 is 5.11 Å². The molecule has 10 heterocycles. The van der Waals surface area contributed by atoms with Gasteiger partial charge >= 0.3 is 0 Å². The van der Waals surface area contributed by atoms with E-state index in [1.54, 1.807) is 91.0 Å². The summed E-state index contributed by atoms with van der Waals surface area (Å²) in [6, 6.07) is 28.2. The van der Waals surface area contributed by atoms with E-state index in [1.807, 2.05) is 0 Å². The highest BCUT2D eigenvalue weighted by Gasteiger charge is 2.48. The molecule has 5 atom stereocenters. The molecule has 0 radical (unpaired) electrons. The molecule has 5 unspecified atom stereocenters. The molecule has 5 aromatic rings. The van der Waals surface area contributed by atoms with Crippen LogP contribution in [-0.2, 0) is 78.0 Å². The number of carbonyl (C=O) groups is 6. The Labute approximate surface area is 754 Å². The van der Waals surface area contributed by atoms with Crippen molar-refractivity contribution in [1.82, 2.24) is 24.5 Å². The maximum atomic E-state index is 12.6. The Kier molecular flexibility index (Phi) is 31.6. The smallest absolute Gasteiger partial charge is 0.300 e. The van der Waals surface area contributed by atoms with Crippen molar-refractivity contribution in [2.75, 3.05) is 57.5 Å². The Hall–Kier alpha value is -9.43. The van der Waals surface area contributed by atoms with Crippen LogP contribution in [0.15, 0.2) is 146 Å². The van der Waals surface area contributed by atoms with Crippen LogP contribution in [0.25, 0.3) is 30.4 Å². The Morgan fingerprint density at radius 2 is 0.460 bits per heavy atom. The number of nitrogens with zero attached hydrogens (tertiary/aromatic N) is 10. The van der Waals surface area contributed by atoms with Crippen molar-refractivity contribution in [3.63, 3.8) is 0 Å². The maximum Gasteiger partial charge on any atom is 0.300 e. The number of thiocarbonyl (C=S) groups is 5. The lowest BCUT2D eigenvalue weighted by Gasteiger charge is -2.20. The van der Waals surface area contributed by atoms with Crippen molar-refractivity contribution in [2.24, 2.45) is 0 Å². The summed E-state index contributed by atoms with van der Waals surface area (Å²) in [4.78, 5) is 133. The van der Waals surface area contributed by atoms with Crippen molar-refractivity contribution in [3.8, 4) is 0 Å². The zero-order valence-corrected chi connectivity index (χ0v) is 75.8. The molecule has 37 nitrogen and oxygen atoms in total. The van der Waals surface area contributed by atoms with Gasteiger partial charge in [0.25, 0.3) is 63.9 Å². The monoisotopic (exact) mass is 1980 g/mol. The highest BCUT2D eigenvalue weighted by atomic mass is 32.2. The van der Waals surface area contributed by atoms with Gasteiger partial charge in [0.15, 0.2) is 49.2 Å². The number of hydrogen-bond acceptors (Lipinski definition) is 36. The number of sulfone groups is 5. The third-order valence-electron chi connectivity index (χ3n) is 19.1. The molecule has 0 spiro atoms. The Balaban J connectivity index is 0.000000160. The van der Waals surface area contributed by atoms with Crippen LogP contribution >= 0.6 is 120 Å². The van der Waals surface area contributed by atoms with Crippen LogP contribution < -0.4 is 0 Å². The predicted octanol–water partition coefficient (Wildman–Crippen LogP) is 10.0. The summed E-state index contributed by atoms with van der Waals surface area (Å²) in [6.45, 7) is 1.08. The molecule has 10 aliphatic rings. The highest BCUT2D eigenvalue weighted by molar-refractivity contribution is 8.28. The molecular formula is C72H64N10O27S15. The van der Waals surface area contributed by atoms with E-state index in [2.05, 4.69) is 0 Å². The summed E-state index contributed by atoms with van der Waals surface area (Å²) < 4.78 is 118. The zero-order valence-electron chi connectivity index (χ0n) is 63.6. The molecule has 5 amide bonds. The van der Waals surface area contributed by atoms with Crippen molar-refractivity contribution in [2.45, 2.75) is 69.2 Å². The summed E-state index contributed by atoms with van der Waals surface area (Å²) >= 11 is 31.2. The fourth-order valence-electron chi connectivity index (χ4n) is 13.5. The minimum atomic E-state index is -3.15. The lowest BCUT2D eigenvalue weighted by molar-refractivity contribution is -0.385. The second kappa shape index (κ2) is 40.5. The summed E-state index contributed by atoms with van der Waals surface area (Å²) in [5.74, 6) is -3.12. The van der Waals surface area contributed by atoms with Gasteiger partial charge in [0.05, 0.1) is 165 Å². The molecule has 0 aromatic heterocycles. The Morgan fingerprint density at radius 1 is 0.323 bits per heavy atom. The summed E-state index contributed by atoms with van der Waals surface area (Å²) in [7, 11) is -15.7. The normalized spacial score (nSPS) is 24.2. The van der Waals surface area contributed by atoms with Crippen LogP contribution in [-0.4, -0.2) is 241 Å². The van der Waals surface area contributed by atoms with Gasteiger partial charge in [-0.1, -0.05) is 181 Å². The Morgan fingerprint density at radius 3 is 0.581 bits per heavy atom. The minimum absolute atomic E-state index is 0.0396. The van der Waals surface area contributed by atoms with Gasteiger partial charge in [-0.15, -0.1) is 0 Å². The van der Waals surface area contributed by atoms with Crippen molar-refractivity contribution < 1.29 is 101 Å². The molecule has 10 aliphatic heterocycles. The number of thioether (sulfide) groups is 5. The number of carboxylic acid groups (broad SMARTS) is 1. The average Bonchev–Trinajstić information content (AvgIpc) is 1.65. The van der Waals surface area contributed by atoms with E-state index in [1.165, 1.54) is 85.2 Å². The van der Waals surface area contributed by atoms with Crippen LogP contribution in [0.3, 0.4) is 0 Å². The molecule has 654 valence electrons. The van der Waals surface area contributed by atoms with Gasteiger partial charge in [-0.2, -0.15) is 0 Å². The molecule has 124 heavy (non-hydrogen) atoms. The van der Waals surface area contributed by atoms with E-state index < -0.39 is 140 Å². The summed E-state index contributed by atoms with van der Waals surface area (Å²) in [5.41, 5.74) is 1.01. The SMILES string of the molecule is CC(=O)O.O=C1/C(=C/c2ccccc2[N+](=O)[O-])SC(=S)N1C1CCS(=O)(=O)C1.O=C1/C(=C/c2ccccc2[N+](=O)[O-])SC(=S)N1C1CCS(=O)(=O)C1.O=C1/C(=C/c2ccccc2[N+](=O)[O-])SC(=S)N1C1CCS(=O)(=O)C1.O=C1/C(=C/c2ccccc2[N+](=O)[O-])SC(=S)N1C1CCS(=O)(=O)C1.O=C1/C(=C/c2ccccc2[N+](=O)[O-])SC(=S)N1C1CCS(=O)(=O)C1. The first-order valence-electron chi connectivity index (χ1n) is 35.9. The standard InChI is InChI=1S/5C14H12N2O5S3.C2H4O2/c5*17-13-12(7-9-3-1-2-4-11(9)16(18)19)23-14(22)15(13)10-5-6-24(20,21)8-10;1-2(3)4/h5*1-4,7,10H,5-6,8H2;1H3,(H,3,4)/b5*12-7-;. The predicted molar refractivity (Wildman–Crippen MR) is 489 cm³/mol. The topological polar surface area (TPSA) is 525 Å². The number of carboxylic acids is 1. The molecule has 1 N–H and O–H groups in total. The second-order valence-electron chi connectivity index (χ2n) is 27.6. The van der Waals surface area contributed by atoms with Gasteiger partial charge in [-0.05, 0) is 92.8 Å². The van der Waals surface area contributed by atoms with Gasteiger partial charge in [0.2, 0.25) is 0 Å². The second-order valence-corrected chi connectivity index (χ2v) is 47.2. The van der Waals surface area contributed by atoms with E-state index >= 15 is 0 Å². The molecule has 15 rings (SSSR count). The molecule has 0 aliphatic carbocycles. The average molecular weight is 1980 g/mol. The first-order valence-corrected chi connectivity index (χ1v) is 51.1. The van der Waals surface area contributed by atoms with Gasteiger partial charge in [-0.3, -0.25) is 104 Å². The van der Waals surface area contributed by atoms with Crippen LogP contribution in [0.2, 0.25) is 0 Å². The first kappa shape index (κ1) is 96.8. The van der Waals surface area contributed by atoms with E-state index in [4.69, 9.17) is 71.0 Å². The van der Waals surface area contributed by atoms with E-state index in [-0.39, 0.29) is 132 Å². The molecule has 0 saturated carbocycles. The summed E-state index contributed by atoms with van der Waals surface area (Å²) in [6.07, 6.45) is 8.93. The minimum Gasteiger partial charge on any atom is -0.481 e. The van der Waals surface area contributed by atoms with Crippen LogP contribution in [0.1, 0.15) is 66.8 Å². The number of amides is 5. The summed E-state index contributed by atoms with van der Waals surface area (Å²) in [5, 5.41) is 62.8. The van der Waals surface area contributed by atoms with Crippen molar-refractivity contribution in [3.05, 3.63) is 224 Å². The highest BCUT2D eigenvalue weighted by Crippen LogP contribution is 2.44. The number of nitro benzene ring substituents is 5. The number of rotatable bonds is 15. The number of para-hydroxylation sites is 5. The maximum absolute atomic E-state index is 12.6. The largest absolute Gasteiger partial charge is 0.481 e. The molecule has 10 fully saturated rings. The molecule has 52 heteroatoms. The first-order chi connectivity index (χ1) is 58.1. The van der Waals surface area contributed by atoms with Gasteiger partial charge in [0.1, 0.15) is 21.6 Å². The molecule has 10 saturated heterocycles. The van der Waals surface area contributed by atoms with E-state index in [0.717, 1.165) is 65.7 Å². The molecule has 0 bridgehead atoms.